The van der Waals surface area contributed by atoms with E-state index in [4.69, 9.17) is 10.7 Å². The maximum atomic E-state index is 5.78. The van der Waals surface area contributed by atoms with Crippen molar-refractivity contribution < 1.29 is 0 Å². The first-order valence-electron chi connectivity index (χ1n) is 7.10. The van der Waals surface area contributed by atoms with Gasteiger partial charge >= 0.3 is 0 Å². The van der Waals surface area contributed by atoms with Gasteiger partial charge in [0, 0.05) is 30.4 Å². The van der Waals surface area contributed by atoms with Gasteiger partial charge < -0.3 is 10.6 Å². The van der Waals surface area contributed by atoms with Gasteiger partial charge in [0.15, 0.2) is 0 Å². The molecule has 0 aliphatic carbocycles. The fourth-order valence-corrected chi connectivity index (χ4v) is 3.17. The van der Waals surface area contributed by atoms with E-state index in [0.717, 1.165) is 24.5 Å². The Morgan fingerprint density at radius 2 is 2.05 bits per heavy atom. The first-order chi connectivity index (χ1) is 10.3. The molecule has 0 fully saturated rings. The third-order valence-corrected chi connectivity index (χ3v) is 4.55. The zero-order valence-corrected chi connectivity index (χ0v) is 12.9. The number of nitrogens with zero attached hydrogens (tertiary/aromatic N) is 2. The number of hydrogen-bond acceptors (Lipinski definition) is 4. The minimum atomic E-state index is 0.469. The summed E-state index contributed by atoms with van der Waals surface area (Å²) in [6.45, 7) is 1.42. The summed E-state index contributed by atoms with van der Waals surface area (Å²) in [7, 11) is 2.10. The molecule has 0 radical (unpaired) electrons. The van der Waals surface area contributed by atoms with E-state index in [1.807, 2.05) is 0 Å². The fraction of sp³-hybridized carbons (Fsp3) is 0.235. The average Bonchev–Trinajstić information content (AvgIpc) is 3.05. The van der Waals surface area contributed by atoms with Gasteiger partial charge in [0.25, 0.3) is 0 Å². The average molecular weight is 297 g/mol. The van der Waals surface area contributed by atoms with Gasteiger partial charge in [-0.2, -0.15) is 0 Å². The Kier molecular flexibility index (Phi) is 4.18. The number of likely N-dealkylation sites (N-methyl/N-ethyl adjacent to an activating group) is 1. The maximum Gasteiger partial charge on any atom is 0.136 e. The highest BCUT2D eigenvalue weighted by Crippen LogP contribution is 2.25. The van der Waals surface area contributed by atoms with Crippen LogP contribution in [0.25, 0.3) is 10.8 Å². The molecule has 21 heavy (non-hydrogen) atoms. The van der Waals surface area contributed by atoms with Gasteiger partial charge in [0.05, 0.1) is 5.69 Å². The van der Waals surface area contributed by atoms with Crippen molar-refractivity contribution in [2.24, 2.45) is 5.73 Å². The summed E-state index contributed by atoms with van der Waals surface area (Å²) in [4.78, 5) is 8.35. The van der Waals surface area contributed by atoms with Crippen molar-refractivity contribution in [2.45, 2.75) is 13.0 Å². The minimum Gasteiger partial charge on any atom is -0.359 e. The number of hydrogen-bond donors (Lipinski definition) is 1. The van der Waals surface area contributed by atoms with Crippen molar-refractivity contribution >= 4 is 27.9 Å². The second-order valence-electron chi connectivity index (χ2n) is 5.11. The molecule has 2 aromatic heterocycles. The van der Waals surface area contributed by atoms with Crippen molar-refractivity contribution in [3.05, 3.63) is 58.4 Å². The summed E-state index contributed by atoms with van der Waals surface area (Å²) < 4.78 is 0. The van der Waals surface area contributed by atoms with E-state index >= 15 is 0 Å². The minimum absolute atomic E-state index is 0.469. The van der Waals surface area contributed by atoms with E-state index in [9.17, 15) is 0 Å². The molecule has 3 rings (SSSR count). The van der Waals surface area contributed by atoms with Crippen molar-refractivity contribution in [1.82, 2.24) is 4.98 Å². The van der Waals surface area contributed by atoms with Gasteiger partial charge in [-0.3, -0.25) is 0 Å². The van der Waals surface area contributed by atoms with E-state index < -0.39 is 0 Å². The smallest absolute Gasteiger partial charge is 0.136 e. The molecule has 0 aliphatic heterocycles. The predicted molar refractivity (Wildman–Crippen MR) is 90.9 cm³/mol. The Labute approximate surface area is 129 Å². The Hall–Kier alpha value is -1.91. The zero-order chi connectivity index (χ0) is 14.7. The highest BCUT2D eigenvalue weighted by molar-refractivity contribution is 7.09. The first kappa shape index (κ1) is 14.0. The van der Waals surface area contributed by atoms with Gasteiger partial charge in [-0.05, 0) is 29.3 Å². The van der Waals surface area contributed by atoms with Crippen molar-refractivity contribution in [3.63, 3.8) is 0 Å². The third-order valence-electron chi connectivity index (χ3n) is 3.62. The fourth-order valence-electron chi connectivity index (χ4n) is 2.47. The van der Waals surface area contributed by atoms with Crippen LogP contribution in [-0.2, 0) is 13.0 Å². The van der Waals surface area contributed by atoms with Crippen LogP contribution in [0.15, 0.2) is 47.8 Å². The van der Waals surface area contributed by atoms with Crippen molar-refractivity contribution in [3.8, 4) is 0 Å². The predicted octanol–water partition coefficient (Wildman–Crippen LogP) is 3.43. The second kappa shape index (κ2) is 6.24. The third kappa shape index (κ3) is 3.06. The van der Waals surface area contributed by atoms with Crippen LogP contribution in [0.3, 0.4) is 0 Å². The molecule has 0 unspecified atom stereocenters. The summed E-state index contributed by atoms with van der Waals surface area (Å²) in [5, 5.41) is 4.51. The lowest BCUT2D eigenvalue weighted by molar-refractivity contribution is 0.863. The van der Waals surface area contributed by atoms with Crippen molar-refractivity contribution in [2.75, 3.05) is 18.5 Å². The lowest BCUT2D eigenvalue weighted by Gasteiger charge is -2.20. The van der Waals surface area contributed by atoms with Crippen LogP contribution in [0.1, 0.15) is 10.6 Å². The molecule has 2 N–H and O–H groups in total. The molecule has 0 amide bonds. The number of aromatic nitrogens is 1. The van der Waals surface area contributed by atoms with Crippen LogP contribution in [0.4, 0.5) is 5.82 Å². The van der Waals surface area contributed by atoms with Gasteiger partial charge in [-0.1, -0.05) is 30.3 Å². The van der Waals surface area contributed by atoms with Crippen LogP contribution in [0, 0.1) is 0 Å². The highest BCUT2D eigenvalue weighted by Gasteiger charge is 2.10. The summed E-state index contributed by atoms with van der Waals surface area (Å²) in [5.74, 6) is 1.02. The number of anilines is 1. The molecule has 0 atom stereocenters. The van der Waals surface area contributed by atoms with Crippen LogP contribution in [0.5, 0.6) is 0 Å². The topological polar surface area (TPSA) is 42.2 Å². The van der Waals surface area contributed by atoms with Gasteiger partial charge in [-0.15, -0.1) is 11.3 Å². The summed E-state index contributed by atoms with van der Waals surface area (Å²) in [6.07, 6.45) is 1.04. The quantitative estimate of drug-likeness (QED) is 0.784. The molecule has 0 bridgehead atoms. The molecule has 108 valence electrons. The monoisotopic (exact) mass is 297 g/mol. The SMILES string of the molecule is CN(CCc1cccs1)c1nc(CN)cc2ccccc12. The Balaban J connectivity index is 1.90. The molecule has 1 aromatic carbocycles. The maximum absolute atomic E-state index is 5.78. The number of pyridine rings is 1. The number of thiophene rings is 1. The Morgan fingerprint density at radius 1 is 1.19 bits per heavy atom. The normalized spacial score (nSPS) is 11.0. The Bertz CT molecular complexity index is 722. The largest absolute Gasteiger partial charge is 0.359 e. The molecule has 4 heteroatoms. The van der Waals surface area contributed by atoms with Gasteiger partial charge in [0.2, 0.25) is 0 Å². The molecule has 3 nitrogen and oxygen atoms in total. The standard InChI is InChI=1S/C17H19N3S/c1-20(9-8-15-6-4-10-21-15)17-16-7-3-2-5-13(16)11-14(12-18)19-17/h2-7,10-11H,8-9,12,18H2,1H3. The molecule has 2 heterocycles. The summed E-state index contributed by atoms with van der Waals surface area (Å²) in [5.41, 5.74) is 6.72. The van der Waals surface area contributed by atoms with E-state index in [1.54, 1.807) is 11.3 Å². The molecule has 0 saturated carbocycles. The van der Waals surface area contributed by atoms with Crippen LogP contribution >= 0.6 is 11.3 Å². The zero-order valence-electron chi connectivity index (χ0n) is 12.1. The van der Waals surface area contributed by atoms with E-state index in [1.165, 1.54) is 15.6 Å². The number of nitrogens with two attached hydrogens (primary N) is 1. The van der Waals surface area contributed by atoms with Crippen molar-refractivity contribution in [1.29, 1.82) is 0 Å². The molecular weight excluding hydrogens is 278 g/mol. The number of benzene rings is 1. The molecule has 0 aliphatic rings. The van der Waals surface area contributed by atoms with Gasteiger partial charge in [-0.25, -0.2) is 4.98 Å². The van der Waals surface area contributed by atoms with E-state index in [0.29, 0.717) is 6.54 Å². The lowest BCUT2D eigenvalue weighted by Crippen LogP contribution is -2.22. The summed E-state index contributed by atoms with van der Waals surface area (Å²) >= 11 is 1.80. The molecule has 0 spiro atoms. The second-order valence-corrected chi connectivity index (χ2v) is 6.15. The van der Waals surface area contributed by atoms with Gasteiger partial charge in [0.1, 0.15) is 5.82 Å². The number of fused-ring (bicyclic) bond motifs is 1. The highest BCUT2D eigenvalue weighted by atomic mass is 32.1. The summed E-state index contributed by atoms with van der Waals surface area (Å²) in [6, 6.07) is 14.7. The van der Waals surface area contributed by atoms with E-state index in [-0.39, 0.29) is 0 Å². The molecule has 3 aromatic rings. The Morgan fingerprint density at radius 3 is 2.81 bits per heavy atom. The number of rotatable bonds is 5. The van der Waals surface area contributed by atoms with Crippen LogP contribution < -0.4 is 10.6 Å². The van der Waals surface area contributed by atoms with E-state index in [2.05, 4.69) is 59.8 Å². The lowest BCUT2D eigenvalue weighted by atomic mass is 10.1. The molecule has 0 saturated heterocycles. The van der Waals surface area contributed by atoms with Crippen LogP contribution in [-0.4, -0.2) is 18.6 Å². The molecular formula is C17H19N3S. The van der Waals surface area contributed by atoms with Crippen LogP contribution in [0.2, 0.25) is 0 Å². The first-order valence-corrected chi connectivity index (χ1v) is 7.98.